The van der Waals surface area contributed by atoms with Gasteiger partial charge in [-0.2, -0.15) is 5.10 Å². The Morgan fingerprint density at radius 2 is 1.67 bits per heavy atom. The van der Waals surface area contributed by atoms with Gasteiger partial charge < -0.3 is 0 Å². The number of nitro groups is 1. The van der Waals surface area contributed by atoms with Gasteiger partial charge in [0.15, 0.2) is 0 Å². The fourth-order valence-corrected chi connectivity index (χ4v) is 2.76. The molecule has 6 heteroatoms. The molecule has 1 aliphatic heterocycles. The van der Waals surface area contributed by atoms with Crippen LogP contribution in [0.4, 0.5) is 5.69 Å². The van der Waals surface area contributed by atoms with Crippen molar-refractivity contribution in [2.75, 3.05) is 26.2 Å². The summed E-state index contributed by atoms with van der Waals surface area (Å²) in [4.78, 5) is 13.0. The third-order valence-electron chi connectivity index (χ3n) is 4.09. The van der Waals surface area contributed by atoms with E-state index < -0.39 is 0 Å². The zero-order chi connectivity index (χ0) is 16.8. The molecule has 3 rings (SSSR count). The molecule has 6 nitrogen and oxygen atoms in total. The molecule has 124 valence electrons. The van der Waals surface area contributed by atoms with Crippen molar-refractivity contribution in [2.45, 2.75) is 6.54 Å². The van der Waals surface area contributed by atoms with Gasteiger partial charge >= 0.3 is 0 Å². The van der Waals surface area contributed by atoms with Crippen LogP contribution in [0.15, 0.2) is 59.7 Å². The van der Waals surface area contributed by atoms with Gasteiger partial charge in [0.1, 0.15) is 0 Å². The summed E-state index contributed by atoms with van der Waals surface area (Å²) in [5.74, 6) is 0. The minimum atomic E-state index is -0.376. The first-order valence-electron chi connectivity index (χ1n) is 8.01. The molecule has 1 saturated heterocycles. The Labute approximate surface area is 141 Å². The lowest BCUT2D eigenvalue weighted by atomic mass is 10.2. The molecule has 0 aliphatic carbocycles. The standard InChI is InChI=1S/C18H20N4O2/c23-22(24)18-9-5-4-8-17(18)14-19-21-12-10-20(11-13-21)15-16-6-2-1-3-7-16/h1-9,14H,10-13,15H2. The highest BCUT2D eigenvalue weighted by atomic mass is 16.6. The molecule has 1 aliphatic rings. The van der Waals surface area contributed by atoms with Crippen molar-refractivity contribution in [1.29, 1.82) is 0 Å². The SMILES string of the molecule is O=[N+]([O-])c1ccccc1C=NN1CCN(Cc2ccccc2)CC1. The smallest absolute Gasteiger partial charge is 0.278 e. The van der Waals surface area contributed by atoms with E-state index in [4.69, 9.17) is 0 Å². The first-order chi connectivity index (χ1) is 11.7. The normalized spacial score (nSPS) is 15.8. The van der Waals surface area contributed by atoms with E-state index >= 15 is 0 Å². The summed E-state index contributed by atoms with van der Waals surface area (Å²) in [5.41, 5.74) is 1.94. The van der Waals surface area contributed by atoms with Crippen molar-refractivity contribution in [1.82, 2.24) is 9.91 Å². The second kappa shape index (κ2) is 7.70. The maximum atomic E-state index is 11.0. The molecule has 0 unspecified atom stereocenters. The summed E-state index contributed by atoms with van der Waals surface area (Å²) in [7, 11) is 0. The number of para-hydroxylation sites is 1. The Kier molecular flexibility index (Phi) is 5.18. The van der Waals surface area contributed by atoms with Crippen LogP contribution >= 0.6 is 0 Å². The average molecular weight is 324 g/mol. The molecule has 0 N–H and O–H groups in total. The fraction of sp³-hybridized carbons (Fsp3) is 0.278. The molecule has 0 aromatic heterocycles. The van der Waals surface area contributed by atoms with Crippen molar-refractivity contribution in [2.24, 2.45) is 5.10 Å². The van der Waals surface area contributed by atoms with Gasteiger partial charge in [-0.3, -0.25) is 20.0 Å². The van der Waals surface area contributed by atoms with Gasteiger partial charge in [-0.05, 0) is 11.6 Å². The predicted molar refractivity (Wildman–Crippen MR) is 94.0 cm³/mol. The molecular weight excluding hydrogens is 304 g/mol. The number of hydrogen-bond acceptors (Lipinski definition) is 5. The summed E-state index contributed by atoms with van der Waals surface area (Å²) >= 11 is 0. The van der Waals surface area contributed by atoms with Crippen LogP contribution in [-0.4, -0.2) is 47.2 Å². The molecule has 0 amide bonds. The zero-order valence-electron chi connectivity index (χ0n) is 13.4. The van der Waals surface area contributed by atoms with Crippen molar-refractivity contribution in [3.8, 4) is 0 Å². The van der Waals surface area contributed by atoms with E-state index in [0.717, 1.165) is 32.7 Å². The maximum Gasteiger partial charge on any atom is 0.278 e. The molecule has 2 aromatic carbocycles. The number of benzene rings is 2. The molecule has 0 radical (unpaired) electrons. The van der Waals surface area contributed by atoms with E-state index in [0.29, 0.717) is 5.56 Å². The summed E-state index contributed by atoms with van der Waals surface area (Å²) in [6.07, 6.45) is 1.59. The molecule has 0 saturated carbocycles. The number of nitro benzene ring substituents is 1. The number of hydrazone groups is 1. The van der Waals surface area contributed by atoms with Gasteiger partial charge in [-0.25, -0.2) is 0 Å². The van der Waals surface area contributed by atoms with E-state index in [1.54, 1.807) is 24.4 Å². The third-order valence-corrected chi connectivity index (χ3v) is 4.09. The quantitative estimate of drug-likeness (QED) is 0.482. The van der Waals surface area contributed by atoms with Crippen LogP contribution in [0.2, 0.25) is 0 Å². The van der Waals surface area contributed by atoms with Gasteiger partial charge in [0.25, 0.3) is 5.69 Å². The van der Waals surface area contributed by atoms with Gasteiger partial charge in [-0.1, -0.05) is 42.5 Å². The van der Waals surface area contributed by atoms with Crippen LogP contribution in [0.5, 0.6) is 0 Å². The second-order valence-corrected chi connectivity index (χ2v) is 5.78. The summed E-state index contributed by atoms with van der Waals surface area (Å²) in [6.45, 7) is 4.46. The molecule has 1 fully saturated rings. The van der Waals surface area contributed by atoms with Gasteiger partial charge in [-0.15, -0.1) is 0 Å². The summed E-state index contributed by atoms with van der Waals surface area (Å²) in [6, 6.07) is 17.1. The van der Waals surface area contributed by atoms with E-state index in [1.165, 1.54) is 11.6 Å². The van der Waals surface area contributed by atoms with Crippen LogP contribution in [0.25, 0.3) is 0 Å². The first-order valence-corrected chi connectivity index (χ1v) is 8.01. The van der Waals surface area contributed by atoms with Crippen molar-refractivity contribution >= 4 is 11.9 Å². The molecule has 0 atom stereocenters. The summed E-state index contributed by atoms with van der Waals surface area (Å²) < 4.78 is 0. The highest BCUT2D eigenvalue weighted by Gasteiger charge is 2.16. The zero-order valence-corrected chi connectivity index (χ0v) is 13.4. The van der Waals surface area contributed by atoms with Crippen LogP contribution in [-0.2, 0) is 6.54 Å². The Bertz CT molecular complexity index is 710. The van der Waals surface area contributed by atoms with Gasteiger partial charge in [0.2, 0.25) is 0 Å². The van der Waals surface area contributed by atoms with Crippen molar-refractivity contribution in [3.05, 3.63) is 75.8 Å². The van der Waals surface area contributed by atoms with Gasteiger partial charge in [0.05, 0.1) is 16.7 Å². The van der Waals surface area contributed by atoms with Crippen LogP contribution in [0.1, 0.15) is 11.1 Å². The lowest BCUT2D eigenvalue weighted by molar-refractivity contribution is -0.385. The maximum absolute atomic E-state index is 11.0. The van der Waals surface area contributed by atoms with Crippen molar-refractivity contribution in [3.63, 3.8) is 0 Å². The minimum Gasteiger partial charge on any atom is -0.295 e. The van der Waals surface area contributed by atoms with E-state index in [1.807, 2.05) is 11.1 Å². The van der Waals surface area contributed by atoms with Crippen LogP contribution < -0.4 is 0 Å². The summed E-state index contributed by atoms with van der Waals surface area (Å²) in [5, 5.41) is 17.4. The van der Waals surface area contributed by atoms with E-state index in [9.17, 15) is 10.1 Å². The van der Waals surface area contributed by atoms with E-state index in [2.05, 4.69) is 34.3 Å². The molecule has 1 heterocycles. The number of hydrogen-bond donors (Lipinski definition) is 0. The van der Waals surface area contributed by atoms with Gasteiger partial charge in [0, 0.05) is 38.8 Å². The fourth-order valence-electron chi connectivity index (χ4n) is 2.76. The molecular formula is C18H20N4O2. The number of piperazine rings is 1. The molecule has 0 bridgehead atoms. The minimum absolute atomic E-state index is 0.0870. The Morgan fingerprint density at radius 3 is 2.38 bits per heavy atom. The number of nitrogens with zero attached hydrogens (tertiary/aromatic N) is 4. The molecule has 2 aromatic rings. The number of rotatable bonds is 5. The highest BCUT2D eigenvalue weighted by Crippen LogP contribution is 2.16. The average Bonchev–Trinajstić information content (AvgIpc) is 2.62. The lowest BCUT2D eigenvalue weighted by Crippen LogP contribution is -2.43. The molecule has 24 heavy (non-hydrogen) atoms. The molecule has 0 spiro atoms. The second-order valence-electron chi connectivity index (χ2n) is 5.78. The lowest BCUT2D eigenvalue weighted by Gasteiger charge is -2.33. The first kappa shape index (κ1) is 16.1. The van der Waals surface area contributed by atoms with Crippen LogP contribution in [0, 0.1) is 10.1 Å². The van der Waals surface area contributed by atoms with E-state index in [-0.39, 0.29) is 10.6 Å². The Morgan fingerprint density at radius 1 is 1.00 bits per heavy atom. The monoisotopic (exact) mass is 324 g/mol. The third kappa shape index (κ3) is 4.17. The topological polar surface area (TPSA) is 62.0 Å². The Balaban J connectivity index is 1.55. The largest absolute Gasteiger partial charge is 0.295 e. The highest BCUT2D eigenvalue weighted by molar-refractivity contribution is 5.84. The van der Waals surface area contributed by atoms with Crippen LogP contribution in [0.3, 0.4) is 0 Å². The predicted octanol–water partition coefficient (Wildman–Crippen LogP) is 2.75. The van der Waals surface area contributed by atoms with Crippen molar-refractivity contribution < 1.29 is 4.92 Å². The Hall–Kier alpha value is -2.73.